The zero-order valence-corrected chi connectivity index (χ0v) is 7.92. The molecule has 3 nitrogen and oxygen atoms in total. The number of fused-ring (bicyclic) bond motifs is 1. The van der Waals surface area contributed by atoms with Gasteiger partial charge in [-0.1, -0.05) is 11.6 Å². The molecule has 68 valence electrons. The maximum Gasteiger partial charge on any atom is 0.101 e. The molecular formula is C10H6ClN3. The Hall–Kier alpha value is -1.79. The number of rotatable bonds is 0. The maximum absolute atomic E-state index is 8.76. The summed E-state index contributed by atoms with van der Waals surface area (Å²) >= 11 is 5.78. The molecular weight excluding hydrogens is 198 g/mol. The van der Waals surface area contributed by atoms with E-state index in [4.69, 9.17) is 22.6 Å². The second kappa shape index (κ2) is 3.17. The average Bonchev–Trinajstić information content (AvgIpc) is 2.17. The molecule has 0 fully saturated rings. The van der Waals surface area contributed by atoms with Crippen molar-refractivity contribution >= 4 is 28.2 Å². The first-order valence-corrected chi connectivity index (χ1v) is 4.33. The first-order valence-electron chi connectivity index (χ1n) is 3.95. The van der Waals surface area contributed by atoms with Gasteiger partial charge in [-0.2, -0.15) is 5.26 Å². The zero-order valence-electron chi connectivity index (χ0n) is 7.16. The number of benzene rings is 1. The molecule has 1 aromatic carbocycles. The monoisotopic (exact) mass is 203 g/mol. The van der Waals surface area contributed by atoms with E-state index in [-0.39, 0.29) is 0 Å². The van der Waals surface area contributed by atoms with Crippen molar-refractivity contribution in [2.45, 2.75) is 0 Å². The van der Waals surface area contributed by atoms with Gasteiger partial charge in [0.1, 0.15) is 6.07 Å². The van der Waals surface area contributed by atoms with Gasteiger partial charge in [0.15, 0.2) is 0 Å². The summed E-state index contributed by atoms with van der Waals surface area (Å²) in [5.41, 5.74) is 7.27. The lowest BCUT2D eigenvalue weighted by atomic mass is 10.1. The number of halogens is 1. The van der Waals surface area contributed by atoms with Crippen LogP contribution in [0.4, 0.5) is 5.69 Å². The van der Waals surface area contributed by atoms with Gasteiger partial charge in [-0.15, -0.1) is 0 Å². The molecule has 0 aliphatic carbocycles. The van der Waals surface area contributed by atoms with Crippen LogP contribution < -0.4 is 5.73 Å². The van der Waals surface area contributed by atoms with E-state index in [1.165, 1.54) is 0 Å². The molecule has 2 rings (SSSR count). The Morgan fingerprint density at radius 3 is 2.86 bits per heavy atom. The molecule has 0 spiro atoms. The predicted molar refractivity (Wildman–Crippen MR) is 55.9 cm³/mol. The molecule has 0 saturated heterocycles. The standard InChI is InChI=1S/C10H6ClN3/c11-8-2-6-1-7(4-12)9(13)3-10(6)14-5-8/h1-3,5H,13H2. The maximum atomic E-state index is 8.76. The highest BCUT2D eigenvalue weighted by Crippen LogP contribution is 2.22. The molecule has 0 atom stereocenters. The summed E-state index contributed by atoms with van der Waals surface area (Å²) in [5.74, 6) is 0. The Morgan fingerprint density at radius 1 is 1.36 bits per heavy atom. The number of aromatic nitrogens is 1. The highest BCUT2D eigenvalue weighted by Gasteiger charge is 2.02. The van der Waals surface area contributed by atoms with Crippen LogP contribution in [0, 0.1) is 11.3 Å². The van der Waals surface area contributed by atoms with Crippen molar-refractivity contribution in [1.82, 2.24) is 4.98 Å². The van der Waals surface area contributed by atoms with Gasteiger partial charge in [0, 0.05) is 11.6 Å². The Bertz CT molecular complexity index is 543. The summed E-state index contributed by atoms with van der Waals surface area (Å²) < 4.78 is 0. The van der Waals surface area contributed by atoms with E-state index in [1.807, 2.05) is 6.07 Å². The summed E-state index contributed by atoms with van der Waals surface area (Å²) in [5, 5.41) is 10.1. The minimum absolute atomic E-state index is 0.440. The predicted octanol–water partition coefficient (Wildman–Crippen LogP) is 2.34. The molecule has 2 aromatic rings. The molecule has 0 bridgehead atoms. The lowest BCUT2D eigenvalue weighted by Crippen LogP contribution is -1.91. The fraction of sp³-hybridized carbons (Fsp3) is 0. The van der Waals surface area contributed by atoms with Crippen LogP contribution in [0.3, 0.4) is 0 Å². The van der Waals surface area contributed by atoms with E-state index in [1.54, 1.807) is 24.4 Å². The van der Waals surface area contributed by atoms with Crippen molar-refractivity contribution in [3.8, 4) is 6.07 Å². The van der Waals surface area contributed by atoms with E-state index in [9.17, 15) is 0 Å². The van der Waals surface area contributed by atoms with Gasteiger partial charge in [0.05, 0.1) is 21.8 Å². The van der Waals surface area contributed by atoms with E-state index in [2.05, 4.69) is 4.98 Å². The van der Waals surface area contributed by atoms with Crippen molar-refractivity contribution < 1.29 is 0 Å². The number of hydrogen-bond acceptors (Lipinski definition) is 3. The fourth-order valence-electron chi connectivity index (χ4n) is 1.26. The van der Waals surface area contributed by atoms with Crippen molar-refractivity contribution in [3.05, 3.63) is 35.0 Å². The lowest BCUT2D eigenvalue weighted by molar-refractivity contribution is 1.40. The third kappa shape index (κ3) is 1.36. The Kier molecular flexibility index (Phi) is 1.99. The van der Waals surface area contributed by atoms with Gasteiger partial charge in [0.25, 0.3) is 0 Å². The molecule has 2 N–H and O–H groups in total. The Morgan fingerprint density at radius 2 is 2.14 bits per heavy atom. The number of nitrogen functional groups attached to an aromatic ring is 1. The molecule has 0 aliphatic heterocycles. The smallest absolute Gasteiger partial charge is 0.101 e. The lowest BCUT2D eigenvalue weighted by Gasteiger charge is -2.01. The number of anilines is 1. The quantitative estimate of drug-likeness (QED) is 0.669. The second-order valence-electron chi connectivity index (χ2n) is 2.90. The Balaban J connectivity index is 2.82. The molecule has 1 heterocycles. The fourth-order valence-corrected chi connectivity index (χ4v) is 1.43. The van der Waals surface area contributed by atoms with Crippen LogP contribution in [-0.4, -0.2) is 4.98 Å². The van der Waals surface area contributed by atoms with E-state index in [0.717, 1.165) is 10.9 Å². The van der Waals surface area contributed by atoms with Gasteiger partial charge in [-0.25, -0.2) is 0 Å². The minimum Gasteiger partial charge on any atom is -0.398 e. The van der Waals surface area contributed by atoms with Crippen LogP contribution in [-0.2, 0) is 0 Å². The van der Waals surface area contributed by atoms with Gasteiger partial charge >= 0.3 is 0 Å². The highest BCUT2D eigenvalue weighted by atomic mass is 35.5. The first kappa shape index (κ1) is 8.79. The van der Waals surface area contributed by atoms with E-state index < -0.39 is 0 Å². The number of hydrogen-bond donors (Lipinski definition) is 1. The summed E-state index contributed by atoms with van der Waals surface area (Å²) in [7, 11) is 0. The first-order chi connectivity index (χ1) is 6.70. The third-order valence-electron chi connectivity index (χ3n) is 1.94. The molecule has 0 amide bonds. The zero-order chi connectivity index (χ0) is 10.1. The number of pyridine rings is 1. The molecule has 0 unspecified atom stereocenters. The molecule has 0 aliphatic rings. The second-order valence-corrected chi connectivity index (χ2v) is 3.33. The number of nitrogens with two attached hydrogens (primary N) is 1. The molecule has 0 saturated carbocycles. The van der Waals surface area contributed by atoms with Crippen LogP contribution in [0.5, 0.6) is 0 Å². The third-order valence-corrected chi connectivity index (χ3v) is 2.15. The van der Waals surface area contributed by atoms with E-state index in [0.29, 0.717) is 16.3 Å². The van der Waals surface area contributed by atoms with Crippen molar-refractivity contribution in [2.75, 3.05) is 5.73 Å². The van der Waals surface area contributed by atoms with Crippen LogP contribution in [0.15, 0.2) is 24.4 Å². The van der Waals surface area contributed by atoms with Crippen molar-refractivity contribution in [1.29, 1.82) is 5.26 Å². The van der Waals surface area contributed by atoms with Crippen LogP contribution in [0.1, 0.15) is 5.56 Å². The summed E-state index contributed by atoms with van der Waals surface area (Å²) in [6.45, 7) is 0. The van der Waals surface area contributed by atoms with E-state index >= 15 is 0 Å². The highest BCUT2D eigenvalue weighted by molar-refractivity contribution is 6.31. The van der Waals surface area contributed by atoms with Crippen LogP contribution in [0.2, 0.25) is 5.02 Å². The molecule has 4 heteroatoms. The SMILES string of the molecule is N#Cc1cc2cc(Cl)cnc2cc1N. The van der Waals surface area contributed by atoms with Crippen LogP contribution >= 0.6 is 11.6 Å². The van der Waals surface area contributed by atoms with Gasteiger partial charge < -0.3 is 5.73 Å². The number of nitriles is 1. The summed E-state index contributed by atoms with van der Waals surface area (Å²) in [4.78, 5) is 4.10. The van der Waals surface area contributed by atoms with Crippen molar-refractivity contribution in [2.24, 2.45) is 0 Å². The average molecular weight is 204 g/mol. The van der Waals surface area contributed by atoms with Crippen LogP contribution in [0.25, 0.3) is 10.9 Å². The van der Waals surface area contributed by atoms with Crippen molar-refractivity contribution in [3.63, 3.8) is 0 Å². The number of nitrogens with zero attached hydrogens (tertiary/aromatic N) is 2. The normalized spacial score (nSPS) is 10.0. The summed E-state index contributed by atoms with van der Waals surface area (Å²) in [6, 6.07) is 7.12. The van der Waals surface area contributed by atoms with Gasteiger partial charge in [-0.05, 0) is 18.2 Å². The molecule has 1 aromatic heterocycles. The van der Waals surface area contributed by atoms with Gasteiger partial charge in [-0.3, -0.25) is 4.98 Å². The summed E-state index contributed by atoms with van der Waals surface area (Å²) in [6.07, 6.45) is 1.55. The van der Waals surface area contributed by atoms with Gasteiger partial charge in [0.2, 0.25) is 0 Å². The Labute approximate surface area is 85.7 Å². The molecule has 0 radical (unpaired) electrons. The largest absolute Gasteiger partial charge is 0.398 e. The molecule has 14 heavy (non-hydrogen) atoms. The topological polar surface area (TPSA) is 62.7 Å². The minimum atomic E-state index is 0.440.